The molecule has 0 heterocycles. The van der Waals surface area contributed by atoms with Crippen LogP contribution in [0.15, 0.2) is 18.2 Å². The molecule has 0 amide bonds. The van der Waals surface area contributed by atoms with E-state index in [4.69, 9.17) is 0 Å². The van der Waals surface area contributed by atoms with Crippen molar-refractivity contribution < 1.29 is 8.78 Å². The Balaban J connectivity index is 3.17. The molecule has 0 fully saturated rings. The van der Waals surface area contributed by atoms with Crippen LogP contribution in [0.2, 0.25) is 0 Å². The van der Waals surface area contributed by atoms with Gasteiger partial charge in [0, 0.05) is 5.82 Å². The first-order chi connectivity index (χ1) is 4.20. The fourth-order valence-corrected chi connectivity index (χ4v) is 0.543. The first-order valence-corrected chi connectivity index (χ1v) is 2.47. The molecule has 1 aromatic rings. The molecule has 0 saturated carbocycles. The van der Waals surface area contributed by atoms with Crippen LogP contribution >= 0.6 is 0 Å². The van der Waals surface area contributed by atoms with Crippen LogP contribution in [0.3, 0.4) is 0 Å². The first-order valence-electron chi connectivity index (χ1n) is 2.47. The second-order valence-corrected chi connectivity index (χ2v) is 1.74. The first kappa shape index (κ1) is 6.08. The zero-order valence-corrected chi connectivity index (χ0v) is 4.70. The molecule has 0 spiro atoms. The molecule has 0 aliphatic rings. The minimum Gasteiger partial charge on any atom is -0.284 e. The highest BCUT2D eigenvalue weighted by atomic mass is 19.1. The fraction of sp³-hybridized carbons (Fsp3) is 0. The van der Waals surface area contributed by atoms with E-state index in [1.807, 2.05) is 0 Å². The van der Waals surface area contributed by atoms with Crippen molar-refractivity contribution in [2.24, 2.45) is 0 Å². The van der Waals surface area contributed by atoms with Crippen LogP contribution in [0.4, 0.5) is 8.78 Å². The molecule has 0 aromatic heterocycles. The summed E-state index contributed by atoms with van der Waals surface area (Å²) in [5.74, 6) is -0.933. The molecule has 0 atom stereocenters. The van der Waals surface area contributed by atoms with Crippen molar-refractivity contribution >= 4 is 0 Å². The van der Waals surface area contributed by atoms with E-state index in [2.05, 4.69) is 6.92 Å². The monoisotopic (exact) mass is 127 g/mol. The van der Waals surface area contributed by atoms with E-state index < -0.39 is 11.6 Å². The summed E-state index contributed by atoms with van der Waals surface area (Å²) in [6.07, 6.45) is 0. The van der Waals surface area contributed by atoms with Crippen molar-refractivity contribution in [3.05, 3.63) is 42.3 Å². The number of benzene rings is 1. The summed E-state index contributed by atoms with van der Waals surface area (Å²) in [7, 11) is 0. The van der Waals surface area contributed by atoms with Gasteiger partial charge in [-0.25, -0.2) is 4.39 Å². The molecular formula is C7H5F2-. The third kappa shape index (κ3) is 1.19. The summed E-state index contributed by atoms with van der Waals surface area (Å²) in [5, 5.41) is 0. The van der Waals surface area contributed by atoms with E-state index in [1.165, 1.54) is 0 Å². The van der Waals surface area contributed by atoms with Gasteiger partial charge in [-0.1, -0.05) is 6.07 Å². The Kier molecular flexibility index (Phi) is 1.39. The normalized spacial score (nSPS) is 9.56. The Morgan fingerprint density at radius 1 is 1.22 bits per heavy atom. The number of hydrogen-bond acceptors (Lipinski definition) is 0. The molecule has 0 aliphatic heterocycles. The van der Waals surface area contributed by atoms with Gasteiger partial charge < -0.3 is 0 Å². The van der Waals surface area contributed by atoms with Crippen LogP contribution in [-0.4, -0.2) is 0 Å². The van der Waals surface area contributed by atoms with E-state index in [1.54, 1.807) is 0 Å². The standard InChI is InChI=1S/C7H5F2/c1-5-4-6(8)2-3-7(5)9/h2-4H,1H2/q-1. The lowest BCUT2D eigenvalue weighted by Crippen LogP contribution is -1.81. The quantitative estimate of drug-likeness (QED) is 0.468. The summed E-state index contributed by atoms with van der Waals surface area (Å²) in [5.41, 5.74) is 0.0926. The minimum atomic E-state index is -0.476. The molecule has 0 bridgehead atoms. The number of halogens is 2. The highest BCUT2D eigenvalue weighted by Gasteiger charge is 1.86. The Hall–Kier alpha value is -1.05. The van der Waals surface area contributed by atoms with Gasteiger partial charge in [0.1, 0.15) is 0 Å². The molecule has 0 unspecified atom stereocenters. The maximum atomic E-state index is 12.3. The highest BCUT2D eigenvalue weighted by Crippen LogP contribution is 2.06. The molecule has 48 valence electrons. The summed E-state index contributed by atoms with van der Waals surface area (Å²) in [4.78, 5) is 0. The van der Waals surface area contributed by atoms with E-state index in [-0.39, 0.29) is 5.56 Å². The molecular weight excluding hydrogens is 122 g/mol. The number of rotatable bonds is 0. The molecule has 0 radical (unpaired) electrons. The Bertz CT molecular complexity index is 218. The van der Waals surface area contributed by atoms with Gasteiger partial charge >= 0.3 is 0 Å². The van der Waals surface area contributed by atoms with Gasteiger partial charge in [0.15, 0.2) is 0 Å². The molecule has 1 aromatic carbocycles. The van der Waals surface area contributed by atoms with E-state index in [9.17, 15) is 8.78 Å². The van der Waals surface area contributed by atoms with Crippen LogP contribution in [0.1, 0.15) is 5.56 Å². The highest BCUT2D eigenvalue weighted by molar-refractivity contribution is 5.20. The van der Waals surface area contributed by atoms with Gasteiger partial charge in [-0.3, -0.25) is 4.39 Å². The van der Waals surface area contributed by atoms with Crippen molar-refractivity contribution in [1.82, 2.24) is 0 Å². The van der Waals surface area contributed by atoms with Gasteiger partial charge in [-0.05, 0) is 6.07 Å². The summed E-state index contributed by atoms with van der Waals surface area (Å²) < 4.78 is 24.4. The zero-order chi connectivity index (χ0) is 6.85. The van der Waals surface area contributed by atoms with Gasteiger partial charge in [-0.15, -0.1) is 6.07 Å². The molecule has 9 heavy (non-hydrogen) atoms. The molecule has 1 rings (SSSR count). The molecule has 0 nitrogen and oxygen atoms in total. The van der Waals surface area contributed by atoms with Crippen molar-refractivity contribution in [3.8, 4) is 0 Å². The predicted octanol–water partition coefficient (Wildman–Crippen LogP) is 2.15. The van der Waals surface area contributed by atoms with Crippen molar-refractivity contribution in [1.29, 1.82) is 0 Å². The lowest BCUT2D eigenvalue weighted by molar-refractivity contribution is 0.596. The average molecular weight is 127 g/mol. The largest absolute Gasteiger partial charge is 0.284 e. The van der Waals surface area contributed by atoms with Crippen molar-refractivity contribution in [2.75, 3.05) is 0 Å². The third-order valence-corrected chi connectivity index (χ3v) is 1.01. The van der Waals surface area contributed by atoms with Crippen LogP contribution < -0.4 is 0 Å². The van der Waals surface area contributed by atoms with Gasteiger partial charge in [0.2, 0.25) is 0 Å². The second-order valence-electron chi connectivity index (χ2n) is 1.74. The average Bonchev–Trinajstić information content (AvgIpc) is 1.80. The predicted molar refractivity (Wildman–Crippen MR) is 30.8 cm³/mol. The summed E-state index contributed by atoms with van der Waals surface area (Å²) in [6, 6.07) is 3.16. The molecule has 0 aliphatic carbocycles. The SMILES string of the molecule is [CH2-]c1cc(F)ccc1F. The maximum absolute atomic E-state index is 12.3. The van der Waals surface area contributed by atoms with Crippen LogP contribution in [0, 0.1) is 18.6 Å². The maximum Gasteiger partial charge on any atom is 0.0680 e. The molecule has 0 N–H and O–H groups in total. The second kappa shape index (κ2) is 2.05. The third-order valence-electron chi connectivity index (χ3n) is 1.01. The van der Waals surface area contributed by atoms with Crippen LogP contribution in [0.25, 0.3) is 0 Å². The Morgan fingerprint density at radius 3 is 2.33 bits per heavy atom. The topological polar surface area (TPSA) is 0 Å². The van der Waals surface area contributed by atoms with Gasteiger partial charge in [0.25, 0.3) is 0 Å². The summed E-state index contributed by atoms with van der Waals surface area (Å²) >= 11 is 0. The van der Waals surface area contributed by atoms with E-state index in [0.717, 1.165) is 18.2 Å². The van der Waals surface area contributed by atoms with Crippen LogP contribution in [0.5, 0.6) is 0 Å². The molecule has 0 saturated heterocycles. The van der Waals surface area contributed by atoms with Crippen molar-refractivity contribution in [2.45, 2.75) is 0 Å². The van der Waals surface area contributed by atoms with Gasteiger partial charge in [0.05, 0.1) is 5.82 Å². The minimum absolute atomic E-state index is 0.0926. The zero-order valence-electron chi connectivity index (χ0n) is 4.70. The van der Waals surface area contributed by atoms with E-state index >= 15 is 0 Å². The fourth-order valence-electron chi connectivity index (χ4n) is 0.543. The lowest BCUT2D eigenvalue weighted by Gasteiger charge is -2.02. The summed E-state index contributed by atoms with van der Waals surface area (Å²) in [6.45, 7) is 3.27. The smallest absolute Gasteiger partial charge is 0.0680 e. The Morgan fingerprint density at radius 2 is 1.89 bits per heavy atom. The van der Waals surface area contributed by atoms with E-state index in [0.29, 0.717) is 0 Å². The van der Waals surface area contributed by atoms with Crippen molar-refractivity contribution in [3.63, 3.8) is 0 Å². The van der Waals surface area contributed by atoms with Crippen LogP contribution in [-0.2, 0) is 0 Å². The van der Waals surface area contributed by atoms with Gasteiger partial charge in [-0.2, -0.15) is 12.5 Å². The molecule has 2 heteroatoms. The Labute approximate surface area is 52.1 Å². The lowest BCUT2D eigenvalue weighted by atomic mass is 10.2. The number of hydrogen-bond donors (Lipinski definition) is 0.